The Morgan fingerprint density at radius 2 is 1.94 bits per heavy atom. The van der Waals surface area contributed by atoms with E-state index in [1.165, 1.54) is 5.56 Å². The number of primary amides is 1. The Labute approximate surface area is 108 Å². The van der Waals surface area contributed by atoms with E-state index in [2.05, 4.69) is 15.9 Å². The van der Waals surface area contributed by atoms with Crippen molar-refractivity contribution in [1.82, 2.24) is 0 Å². The molecule has 2 aromatic rings. The van der Waals surface area contributed by atoms with Gasteiger partial charge in [-0.3, -0.25) is 4.79 Å². The second-order valence-corrected chi connectivity index (χ2v) is 4.67. The largest absolute Gasteiger partial charge is 0.365 e. The molecule has 86 valence electrons. The van der Waals surface area contributed by atoms with Crippen molar-refractivity contribution in [3.05, 3.63) is 64.4 Å². The van der Waals surface area contributed by atoms with Crippen molar-refractivity contribution in [3.8, 4) is 0 Å². The van der Waals surface area contributed by atoms with E-state index in [1.807, 2.05) is 41.1 Å². The number of benzene rings is 1. The van der Waals surface area contributed by atoms with Crippen LogP contribution in [0.25, 0.3) is 0 Å². The van der Waals surface area contributed by atoms with E-state index in [9.17, 15) is 4.79 Å². The quantitative estimate of drug-likeness (QED) is 0.863. The summed E-state index contributed by atoms with van der Waals surface area (Å²) in [6, 6.07) is 11.6. The first-order valence-corrected chi connectivity index (χ1v) is 5.98. The molecular formula is C13H12BrN2O+. The number of carbonyl (C=O) groups is 1. The third-order valence-corrected chi connectivity index (χ3v) is 2.95. The van der Waals surface area contributed by atoms with Gasteiger partial charge in [0.2, 0.25) is 0 Å². The third-order valence-electron chi connectivity index (χ3n) is 2.42. The molecule has 0 aliphatic carbocycles. The van der Waals surface area contributed by atoms with Gasteiger partial charge in [-0.25, -0.2) is 0 Å². The molecule has 0 aliphatic rings. The van der Waals surface area contributed by atoms with E-state index in [-0.39, 0.29) is 0 Å². The minimum absolute atomic E-state index is 0.407. The number of nitrogens with two attached hydrogens (primary N) is 1. The molecule has 1 aromatic carbocycles. The highest BCUT2D eigenvalue weighted by Gasteiger charge is 2.07. The first-order valence-electron chi connectivity index (χ1n) is 5.18. The molecule has 0 atom stereocenters. The highest BCUT2D eigenvalue weighted by Crippen LogP contribution is 2.10. The average Bonchev–Trinajstić information content (AvgIpc) is 2.32. The fraction of sp³-hybridized carbons (Fsp3) is 0.0769. The molecule has 4 heteroatoms. The van der Waals surface area contributed by atoms with Crippen molar-refractivity contribution < 1.29 is 9.36 Å². The van der Waals surface area contributed by atoms with Gasteiger partial charge in [0.25, 0.3) is 5.91 Å². The molecule has 1 aromatic heterocycles. The summed E-state index contributed by atoms with van der Waals surface area (Å²) < 4.78 is 2.99. The second kappa shape index (κ2) is 5.10. The molecular weight excluding hydrogens is 280 g/mol. The highest BCUT2D eigenvalue weighted by atomic mass is 79.9. The zero-order valence-corrected chi connectivity index (χ0v) is 10.7. The van der Waals surface area contributed by atoms with Crippen LogP contribution in [-0.2, 0) is 6.54 Å². The Morgan fingerprint density at radius 3 is 2.59 bits per heavy atom. The van der Waals surface area contributed by atoms with Gasteiger partial charge in [0.05, 0.1) is 0 Å². The van der Waals surface area contributed by atoms with Crippen LogP contribution < -0.4 is 10.3 Å². The molecule has 0 unspecified atom stereocenters. The normalized spacial score (nSPS) is 10.2. The summed E-state index contributed by atoms with van der Waals surface area (Å²) >= 11 is 3.39. The molecule has 0 bridgehead atoms. The zero-order valence-electron chi connectivity index (χ0n) is 9.14. The minimum Gasteiger partial charge on any atom is -0.365 e. The van der Waals surface area contributed by atoms with Crippen molar-refractivity contribution >= 4 is 21.8 Å². The molecule has 2 N–H and O–H groups in total. The number of amides is 1. The van der Waals surface area contributed by atoms with Gasteiger partial charge in [-0.15, -0.1) is 0 Å². The lowest BCUT2D eigenvalue weighted by Crippen LogP contribution is -2.35. The lowest BCUT2D eigenvalue weighted by Gasteiger charge is -1.99. The summed E-state index contributed by atoms with van der Waals surface area (Å²) in [6.07, 6.45) is 3.67. The molecule has 1 amide bonds. The minimum atomic E-state index is -0.407. The van der Waals surface area contributed by atoms with Crippen LogP contribution in [0.1, 0.15) is 15.9 Å². The van der Waals surface area contributed by atoms with Gasteiger partial charge in [0.1, 0.15) is 5.56 Å². The van der Waals surface area contributed by atoms with Gasteiger partial charge in [-0.05, 0) is 18.2 Å². The number of hydrogen-bond donors (Lipinski definition) is 1. The number of rotatable bonds is 3. The van der Waals surface area contributed by atoms with Crippen LogP contribution in [0.5, 0.6) is 0 Å². The van der Waals surface area contributed by atoms with E-state index in [0.29, 0.717) is 12.1 Å². The van der Waals surface area contributed by atoms with E-state index in [4.69, 9.17) is 5.73 Å². The monoisotopic (exact) mass is 291 g/mol. The maximum Gasteiger partial charge on any atom is 0.254 e. The summed E-state index contributed by atoms with van der Waals surface area (Å²) in [5.41, 5.74) is 6.92. The Hall–Kier alpha value is -1.68. The van der Waals surface area contributed by atoms with Gasteiger partial charge >= 0.3 is 0 Å². The Morgan fingerprint density at radius 1 is 1.24 bits per heavy atom. The first-order chi connectivity index (χ1) is 8.15. The topological polar surface area (TPSA) is 47.0 Å². The van der Waals surface area contributed by atoms with E-state index in [1.54, 1.807) is 12.3 Å². The molecule has 0 radical (unpaired) electrons. The van der Waals surface area contributed by atoms with Crippen LogP contribution in [-0.4, -0.2) is 5.91 Å². The Bertz CT molecular complexity index is 537. The van der Waals surface area contributed by atoms with E-state index in [0.717, 1.165) is 4.47 Å². The van der Waals surface area contributed by atoms with Crippen molar-refractivity contribution in [2.75, 3.05) is 0 Å². The SMILES string of the molecule is NC(=O)c1ccc[n+](Cc2ccc(Br)cc2)c1. The second-order valence-electron chi connectivity index (χ2n) is 3.76. The maximum atomic E-state index is 11.1. The molecule has 0 saturated carbocycles. The predicted octanol–water partition coefficient (Wildman–Crippen LogP) is 1.88. The van der Waals surface area contributed by atoms with Gasteiger partial charge < -0.3 is 5.73 Å². The molecule has 3 nitrogen and oxygen atoms in total. The van der Waals surface area contributed by atoms with Crippen LogP contribution in [0.15, 0.2) is 53.3 Å². The van der Waals surface area contributed by atoms with Crippen LogP contribution in [0, 0.1) is 0 Å². The molecule has 0 aliphatic heterocycles. The Balaban J connectivity index is 2.21. The molecule has 0 saturated heterocycles. The number of carbonyl (C=O) groups excluding carboxylic acids is 1. The fourth-order valence-corrected chi connectivity index (χ4v) is 1.83. The van der Waals surface area contributed by atoms with Crippen LogP contribution in [0.4, 0.5) is 0 Å². The van der Waals surface area contributed by atoms with Crippen LogP contribution >= 0.6 is 15.9 Å². The maximum absolute atomic E-state index is 11.1. The smallest absolute Gasteiger partial charge is 0.254 e. The fourth-order valence-electron chi connectivity index (χ4n) is 1.57. The standard InChI is InChI=1S/C13H11BrN2O/c14-12-5-3-10(4-6-12)8-16-7-1-2-11(9-16)13(15)17/h1-7,9H,8H2,(H-,15,17)/p+1. The van der Waals surface area contributed by atoms with Gasteiger partial charge in [-0.1, -0.05) is 28.1 Å². The van der Waals surface area contributed by atoms with Crippen molar-refractivity contribution in [1.29, 1.82) is 0 Å². The van der Waals surface area contributed by atoms with Crippen molar-refractivity contribution in [2.45, 2.75) is 6.54 Å². The summed E-state index contributed by atoms with van der Waals surface area (Å²) in [7, 11) is 0. The summed E-state index contributed by atoms with van der Waals surface area (Å²) in [5, 5.41) is 0. The molecule has 2 rings (SSSR count). The predicted molar refractivity (Wildman–Crippen MR) is 68.4 cm³/mol. The van der Waals surface area contributed by atoms with Crippen LogP contribution in [0.2, 0.25) is 0 Å². The number of nitrogens with zero attached hydrogens (tertiary/aromatic N) is 1. The average molecular weight is 292 g/mol. The molecule has 0 fully saturated rings. The third kappa shape index (κ3) is 3.14. The molecule has 0 spiro atoms. The number of hydrogen-bond acceptors (Lipinski definition) is 1. The Kier molecular flexibility index (Phi) is 3.54. The lowest BCUT2D eigenvalue weighted by atomic mass is 10.2. The lowest BCUT2D eigenvalue weighted by molar-refractivity contribution is -0.688. The summed E-state index contributed by atoms with van der Waals surface area (Å²) in [6.45, 7) is 0.717. The molecule has 1 heterocycles. The van der Waals surface area contributed by atoms with Crippen molar-refractivity contribution in [3.63, 3.8) is 0 Å². The van der Waals surface area contributed by atoms with Crippen LogP contribution in [0.3, 0.4) is 0 Å². The van der Waals surface area contributed by atoms with Crippen molar-refractivity contribution in [2.24, 2.45) is 5.73 Å². The zero-order chi connectivity index (χ0) is 12.3. The van der Waals surface area contributed by atoms with E-state index >= 15 is 0 Å². The first kappa shape index (κ1) is 11.8. The number of aromatic nitrogens is 1. The number of halogens is 1. The van der Waals surface area contributed by atoms with Gasteiger partial charge in [0, 0.05) is 16.1 Å². The number of pyridine rings is 1. The van der Waals surface area contributed by atoms with Gasteiger partial charge in [0.15, 0.2) is 18.9 Å². The van der Waals surface area contributed by atoms with E-state index < -0.39 is 5.91 Å². The highest BCUT2D eigenvalue weighted by molar-refractivity contribution is 9.10. The summed E-state index contributed by atoms with van der Waals surface area (Å²) in [5.74, 6) is -0.407. The molecule has 17 heavy (non-hydrogen) atoms. The van der Waals surface area contributed by atoms with Gasteiger partial charge in [-0.2, -0.15) is 4.57 Å². The summed E-state index contributed by atoms with van der Waals surface area (Å²) in [4.78, 5) is 11.1.